The van der Waals surface area contributed by atoms with Gasteiger partial charge in [0.05, 0.1) is 22.3 Å². The van der Waals surface area contributed by atoms with Gasteiger partial charge in [0.2, 0.25) is 0 Å². The number of ether oxygens (including phenoxy) is 4. The maximum atomic E-state index is 12.9. The molecule has 0 bridgehead atoms. The van der Waals surface area contributed by atoms with Gasteiger partial charge in [-0.2, -0.15) is 0 Å². The van der Waals surface area contributed by atoms with E-state index >= 15 is 0 Å². The molecule has 8 aromatic rings. The zero-order chi connectivity index (χ0) is 42.7. The molecule has 0 saturated heterocycles. The molecule has 0 unspecified atom stereocenters. The number of esters is 4. The second-order valence-electron chi connectivity index (χ2n) is 13.7. The normalized spacial score (nSPS) is 10.8. The molecule has 62 heavy (non-hydrogen) atoms. The van der Waals surface area contributed by atoms with Crippen LogP contribution in [0.1, 0.15) is 75.5 Å². The molecule has 0 amide bonds. The van der Waals surface area contributed by atoms with Crippen LogP contribution in [0.15, 0.2) is 195 Å². The maximum Gasteiger partial charge on any atom is 0.343 e. The lowest BCUT2D eigenvalue weighted by molar-refractivity contribution is 0.0725. The van der Waals surface area contributed by atoms with Gasteiger partial charge < -0.3 is 18.9 Å². The Morgan fingerprint density at radius 2 is 0.452 bits per heavy atom. The molecule has 12 heteroatoms. The first-order chi connectivity index (χ1) is 30.4. The van der Waals surface area contributed by atoms with Crippen LogP contribution in [0, 0.1) is 0 Å². The van der Waals surface area contributed by atoms with Gasteiger partial charge in [-0.3, -0.25) is 19.9 Å². The SMILES string of the molecule is O=C(Oc1ccc(C(c2ccc(OC(=O)c3ccncc3)cc2)C(c2ccc(OC(=O)c3ccncc3)cc2)c2ccc(OC(=O)c3ccncc3)cc2)cc1)c1ccncc1. The number of carbonyl (C=O) groups is 4. The molecule has 0 N–H and O–H groups in total. The van der Waals surface area contributed by atoms with Gasteiger partial charge in [-0.25, -0.2) is 19.2 Å². The van der Waals surface area contributed by atoms with Crippen molar-refractivity contribution in [1.82, 2.24) is 19.9 Å². The van der Waals surface area contributed by atoms with Crippen molar-refractivity contribution < 1.29 is 38.1 Å². The number of benzene rings is 4. The minimum atomic E-state index is -0.527. The summed E-state index contributed by atoms with van der Waals surface area (Å²) in [4.78, 5) is 67.6. The molecular weight excluding hydrogens is 785 g/mol. The Kier molecular flexibility index (Phi) is 12.3. The van der Waals surface area contributed by atoms with E-state index in [-0.39, 0.29) is 0 Å². The van der Waals surface area contributed by atoms with Crippen molar-refractivity contribution in [2.24, 2.45) is 0 Å². The third kappa shape index (κ3) is 9.79. The van der Waals surface area contributed by atoms with Gasteiger partial charge in [-0.05, 0) is 119 Å². The van der Waals surface area contributed by atoms with Crippen molar-refractivity contribution in [2.45, 2.75) is 11.8 Å². The van der Waals surface area contributed by atoms with Gasteiger partial charge in [0.15, 0.2) is 0 Å². The number of aromatic nitrogens is 4. The monoisotopic (exact) mass is 818 g/mol. The molecule has 0 atom stereocenters. The summed E-state index contributed by atoms with van der Waals surface area (Å²) >= 11 is 0. The minimum Gasteiger partial charge on any atom is -0.423 e. The maximum absolute atomic E-state index is 12.9. The van der Waals surface area contributed by atoms with Gasteiger partial charge in [0.25, 0.3) is 0 Å². The number of pyridine rings is 4. The lowest BCUT2D eigenvalue weighted by Crippen LogP contribution is -2.16. The molecule has 4 heterocycles. The van der Waals surface area contributed by atoms with E-state index in [1.54, 1.807) is 97.1 Å². The molecule has 12 nitrogen and oxygen atoms in total. The van der Waals surface area contributed by atoms with E-state index in [1.165, 1.54) is 49.6 Å². The number of hydrogen-bond acceptors (Lipinski definition) is 12. The van der Waals surface area contributed by atoms with Crippen molar-refractivity contribution >= 4 is 23.9 Å². The molecule has 4 aromatic heterocycles. The highest BCUT2D eigenvalue weighted by molar-refractivity contribution is 5.92. The molecule has 0 radical (unpaired) electrons. The van der Waals surface area contributed by atoms with E-state index in [1.807, 2.05) is 48.5 Å². The van der Waals surface area contributed by atoms with E-state index in [2.05, 4.69) is 19.9 Å². The van der Waals surface area contributed by atoms with Crippen LogP contribution >= 0.6 is 0 Å². The van der Waals surface area contributed by atoms with Crippen molar-refractivity contribution in [3.8, 4) is 23.0 Å². The summed E-state index contributed by atoms with van der Waals surface area (Å²) in [5, 5.41) is 0. The van der Waals surface area contributed by atoms with Crippen LogP contribution in [-0.2, 0) is 0 Å². The number of hydrogen-bond donors (Lipinski definition) is 0. The molecule has 0 fully saturated rings. The molecule has 0 aliphatic carbocycles. The van der Waals surface area contributed by atoms with Crippen LogP contribution in [0.2, 0.25) is 0 Å². The lowest BCUT2D eigenvalue weighted by Gasteiger charge is -2.30. The first-order valence-electron chi connectivity index (χ1n) is 19.3. The summed E-state index contributed by atoms with van der Waals surface area (Å²) in [5.74, 6) is -1.59. The fourth-order valence-electron chi connectivity index (χ4n) is 6.74. The average Bonchev–Trinajstić information content (AvgIpc) is 3.33. The number of nitrogens with zero attached hydrogens (tertiary/aromatic N) is 4. The third-order valence-electron chi connectivity index (χ3n) is 9.80. The van der Waals surface area contributed by atoms with Gasteiger partial charge in [-0.1, -0.05) is 48.5 Å². The summed E-state index contributed by atoms with van der Waals surface area (Å²) in [7, 11) is 0. The zero-order valence-electron chi connectivity index (χ0n) is 32.7. The standard InChI is InChI=1S/C50H34N4O8/c55-47(37-17-25-51-26-18-37)59-41-9-1-33(2-10-41)45(34-3-11-42(12-4-34)60-48(56)38-19-27-52-28-20-38)46(35-5-13-43(14-6-35)61-49(57)39-21-29-53-30-22-39)36-7-15-44(16-8-36)62-50(58)40-23-31-54-32-24-40/h1-32,45-46H. The van der Waals surface area contributed by atoms with Gasteiger partial charge >= 0.3 is 23.9 Å². The van der Waals surface area contributed by atoms with Crippen LogP contribution in [0.4, 0.5) is 0 Å². The molecule has 4 aromatic carbocycles. The average molecular weight is 819 g/mol. The van der Waals surface area contributed by atoms with Crippen LogP contribution in [0.5, 0.6) is 23.0 Å². The highest BCUT2D eigenvalue weighted by atomic mass is 16.5. The first-order valence-corrected chi connectivity index (χ1v) is 19.3. The summed E-state index contributed by atoms with van der Waals surface area (Å²) in [6.45, 7) is 0. The fourth-order valence-corrected chi connectivity index (χ4v) is 6.74. The highest BCUT2D eigenvalue weighted by Crippen LogP contribution is 2.44. The van der Waals surface area contributed by atoms with Crippen molar-refractivity contribution in [3.63, 3.8) is 0 Å². The van der Waals surface area contributed by atoms with Crippen molar-refractivity contribution in [2.75, 3.05) is 0 Å². The van der Waals surface area contributed by atoms with Gasteiger partial charge in [0.1, 0.15) is 23.0 Å². The van der Waals surface area contributed by atoms with Crippen LogP contribution in [-0.4, -0.2) is 43.8 Å². The molecule has 0 aliphatic rings. The van der Waals surface area contributed by atoms with Crippen LogP contribution < -0.4 is 18.9 Å². The van der Waals surface area contributed by atoms with E-state index in [9.17, 15) is 19.2 Å². The topological polar surface area (TPSA) is 157 Å². The van der Waals surface area contributed by atoms with Gasteiger partial charge in [-0.15, -0.1) is 0 Å². The largest absolute Gasteiger partial charge is 0.423 e. The lowest BCUT2D eigenvalue weighted by atomic mass is 9.73. The smallest absolute Gasteiger partial charge is 0.343 e. The van der Waals surface area contributed by atoms with E-state index in [0.29, 0.717) is 45.3 Å². The Hall–Kier alpha value is -8.64. The van der Waals surface area contributed by atoms with Crippen molar-refractivity contribution in [3.05, 3.63) is 240 Å². The minimum absolute atomic E-state index is 0.338. The van der Waals surface area contributed by atoms with Gasteiger partial charge in [0, 0.05) is 61.4 Å². The fraction of sp³-hybridized carbons (Fsp3) is 0.0400. The second kappa shape index (κ2) is 19.0. The Morgan fingerprint density at radius 1 is 0.274 bits per heavy atom. The molecule has 0 aliphatic heterocycles. The Morgan fingerprint density at radius 3 is 0.629 bits per heavy atom. The Labute approximate surface area is 355 Å². The quantitative estimate of drug-likeness (QED) is 0.0804. The molecule has 302 valence electrons. The van der Waals surface area contributed by atoms with E-state index in [4.69, 9.17) is 18.9 Å². The summed E-state index contributed by atoms with van der Waals surface area (Å²) in [6.07, 6.45) is 12.1. The highest BCUT2D eigenvalue weighted by Gasteiger charge is 2.29. The zero-order valence-corrected chi connectivity index (χ0v) is 32.7. The van der Waals surface area contributed by atoms with Crippen LogP contribution in [0.3, 0.4) is 0 Å². The number of carbonyl (C=O) groups excluding carboxylic acids is 4. The predicted molar refractivity (Wildman–Crippen MR) is 226 cm³/mol. The van der Waals surface area contributed by atoms with E-state index in [0.717, 1.165) is 22.3 Å². The Bertz CT molecular complexity index is 2390. The summed E-state index contributed by atoms with van der Waals surface area (Å²) < 4.78 is 22.8. The first kappa shape index (κ1) is 40.2. The molecular formula is C50H34N4O8. The molecule has 0 saturated carbocycles. The summed E-state index contributed by atoms with van der Waals surface area (Å²) in [6, 6.07) is 41.5. The van der Waals surface area contributed by atoms with Crippen molar-refractivity contribution in [1.29, 1.82) is 0 Å². The second-order valence-corrected chi connectivity index (χ2v) is 13.7. The summed E-state index contributed by atoms with van der Waals surface area (Å²) in [5.41, 5.74) is 4.83. The molecule has 0 spiro atoms. The third-order valence-corrected chi connectivity index (χ3v) is 9.80. The molecule has 8 rings (SSSR count). The van der Waals surface area contributed by atoms with E-state index < -0.39 is 35.7 Å². The number of rotatable bonds is 13. The predicted octanol–water partition coefficient (Wildman–Crippen LogP) is 9.11. The Balaban J connectivity index is 1.17. The van der Waals surface area contributed by atoms with Crippen LogP contribution in [0.25, 0.3) is 0 Å².